The molecule has 1 aromatic heterocycles. The highest BCUT2D eigenvalue weighted by molar-refractivity contribution is 5.77. The fraction of sp³-hybridized carbons (Fsp3) is 0.263. The highest BCUT2D eigenvalue weighted by Gasteiger charge is 2.14. The molecule has 2 N–H and O–H groups in total. The Kier molecular flexibility index (Phi) is 5.30. The molecule has 25 heavy (non-hydrogen) atoms. The van der Waals surface area contributed by atoms with Crippen molar-refractivity contribution in [3.05, 3.63) is 54.4 Å². The van der Waals surface area contributed by atoms with Gasteiger partial charge in [0, 0.05) is 24.2 Å². The Balaban J connectivity index is 1.86. The van der Waals surface area contributed by atoms with E-state index in [2.05, 4.69) is 27.7 Å². The van der Waals surface area contributed by atoms with Crippen LogP contribution in [0.4, 0.5) is 11.4 Å². The first-order chi connectivity index (χ1) is 12.2. The first kappa shape index (κ1) is 17.0. The van der Waals surface area contributed by atoms with Crippen molar-refractivity contribution in [3.8, 4) is 17.2 Å². The molecule has 0 aliphatic carbocycles. The monoisotopic (exact) mass is 338 g/mol. The number of hydrogen-bond donors (Lipinski definition) is 2. The van der Waals surface area contributed by atoms with Crippen LogP contribution in [0.5, 0.6) is 5.75 Å². The average molecular weight is 338 g/mol. The maximum Gasteiger partial charge on any atom is 0.260 e. The van der Waals surface area contributed by atoms with Crippen LogP contribution in [0.1, 0.15) is 12.7 Å². The molecular weight excluding hydrogens is 316 g/mol. The van der Waals surface area contributed by atoms with Gasteiger partial charge in [0.1, 0.15) is 5.75 Å². The lowest BCUT2D eigenvalue weighted by atomic mass is 10.1. The Morgan fingerprint density at radius 3 is 2.80 bits per heavy atom. The van der Waals surface area contributed by atoms with E-state index >= 15 is 0 Å². The third kappa shape index (κ3) is 4.16. The molecule has 0 aliphatic heterocycles. The molecule has 1 unspecified atom stereocenters. The van der Waals surface area contributed by atoms with Gasteiger partial charge in [0.15, 0.2) is 5.82 Å². The standard InChI is InChI=1S/C19H22N4O2/c1-13(20-2)11-18-22-19(25-23-18)16-9-4-5-10-17(16)21-14-7-6-8-15(12-14)24-3/h4-10,12-13,20-21H,11H2,1-3H3. The largest absolute Gasteiger partial charge is 0.497 e. The van der Waals surface area contributed by atoms with Gasteiger partial charge < -0.3 is 19.9 Å². The van der Waals surface area contributed by atoms with Crippen molar-refractivity contribution in [2.45, 2.75) is 19.4 Å². The third-order valence-corrected chi connectivity index (χ3v) is 3.96. The van der Waals surface area contributed by atoms with Crippen LogP contribution in [0.3, 0.4) is 0 Å². The minimum Gasteiger partial charge on any atom is -0.497 e. The normalized spacial score (nSPS) is 12.0. The first-order valence-corrected chi connectivity index (χ1v) is 8.20. The molecule has 0 spiro atoms. The Morgan fingerprint density at radius 2 is 2.00 bits per heavy atom. The highest BCUT2D eigenvalue weighted by Crippen LogP contribution is 2.30. The van der Waals surface area contributed by atoms with Crippen LogP contribution in [0.25, 0.3) is 11.5 Å². The number of likely N-dealkylation sites (N-methyl/N-ethyl adjacent to an activating group) is 1. The number of nitrogens with one attached hydrogen (secondary N) is 2. The van der Waals surface area contributed by atoms with Gasteiger partial charge in [-0.3, -0.25) is 0 Å². The number of methoxy groups -OCH3 is 1. The molecule has 0 aliphatic rings. The van der Waals surface area contributed by atoms with Crippen LogP contribution in [0.2, 0.25) is 0 Å². The third-order valence-electron chi connectivity index (χ3n) is 3.96. The molecule has 0 radical (unpaired) electrons. The smallest absolute Gasteiger partial charge is 0.260 e. The maximum absolute atomic E-state index is 5.47. The molecule has 3 aromatic rings. The van der Waals surface area contributed by atoms with Gasteiger partial charge >= 0.3 is 0 Å². The van der Waals surface area contributed by atoms with Crippen molar-refractivity contribution >= 4 is 11.4 Å². The summed E-state index contributed by atoms with van der Waals surface area (Å²) in [5.74, 6) is 1.99. The minimum atomic E-state index is 0.288. The average Bonchev–Trinajstić information content (AvgIpc) is 3.10. The Morgan fingerprint density at radius 1 is 1.16 bits per heavy atom. The van der Waals surface area contributed by atoms with Crippen LogP contribution >= 0.6 is 0 Å². The summed E-state index contributed by atoms with van der Waals surface area (Å²) in [4.78, 5) is 4.52. The maximum atomic E-state index is 5.47. The predicted octanol–water partition coefficient (Wildman–Crippen LogP) is 3.64. The molecule has 0 saturated carbocycles. The Bertz CT molecular complexity index is 832. The molecule has 0 saturated heterocycles. The minimum absolute atomic E-state index is 0.288. The van der Waals surface area contributed by atoms with Gasteiger partial charge in [-0.2, -0.15) is 4.98 Å². The van der Waals surface area contributed by atoms with Gasteiger partial charge in [-0.05, 0) is 38.2 Å². The number of aromatic nitrogens is 2. The number of benzene rings is 2. The zero-order valence-electron chi connectivity index (χ0n) is 14.6. The summed E-state index contributed by atoms with van der Waals surface area (Å²) in [5.41, 5.74) is 2.68. The molecule has 1 atom stereocenters. The molecule has 1 heterocycles. The summed E-state index contributed by atoms with van der Waals surface area (Å²) < 4.78 is 10.7. The molecule has 0 fully saturated rings. The molecule has 0 amide bonds. The molecule has 6 heteroatoms. The summed E-state index contributed by atoms with van der Waals surface area (Å²) in [6.45, 7) is 2.08. The van der Waals surface area contributed by atoms with Gasteiger partial charge in [-0.25, -0.2) is 0 Å². The fourth-order valence-electron chi connectivity index (χ4n) is 2.46. The summed E-state index contributed by atoms with van der Waals surface area (Å²) in [5, 5.41) is 10.6. The molecule has 0 bridgehead atoms. The van der Waals surface area contributed by atoms with Crippen molar-refractivity contribution in [1.82, 2.24) is 15.5 Å². The number of para-hydroxylation sites is 1. The molecular formula is C19H22N4O2. The van der Waals surface area contributed by atoms with E-state index in [0.717, 1.165) is 22.7 Å². The summed E-state index contributed by atoms with van der Waals surface area (Å²) in [6, 6.07) is 15.9. The second-order valence-corrected chi connectivity index (χ2v) is 5.81. The van der Waals surface area contributed by atoms with Gasteiger partial charge in [0.25, 0.3) is 5.89 Å². The molecule has 6 nitrogen and oxygen atoms in total. The zero-order chi connectivity index (χ0) is 17.6. The van der Waals surface area contributed by atoms with Crippen molar-refractivity contribution in [1.29, 1.82) is 0 Å². The van der Waals surface area contributed by atoms with E-state index < -0.39 is 0 Å². The van der Waals surface area contributed by atoms with E-state index in [4.69, 9.17) is 9.26 Å². The van der Waals surface area contributed by atoms with Gasteiger partial charge in [-0.1, -0.05) is 23.4 Å². The number of hydrogen-bond acceptors (Lipinski definition) is 6. The molecule has 3 rings (SSSR count). The lowest BCUT2D eigenvalue weighted by Crippen LogP contribution is -2.24. The van der Waals surface area contributed by atoms with Crippen LogP contribution < -0.4 is 15.4 Å². The number of ether oxygens (including phenoxy) is 1. The number of rotatable bonds is 7. The van der Waals surface area contributed by atoms with E-state index in [0.29, 0.717) is 18.1 Å². The highest BCUT2D eigenvalue weighted by atomic mass is 16.5. The lowest BCUT2D eigenvalue weighted by molar-refractivity contribution is 0.415. The lowest BCUT2D eigenvalue weighted by Gasteiger charge is -2.10. The van der Waals surface area contributed by atoms with Crippen LogP contribution in [-0.4, -0.2) is 30.3 Å². The number of nitrogens with zero attached hydrogens (tertiary/aromatic N) is 2. The van der Waals surface area contributed by atoms with Crippen molar-refractivity contribution in [3.63, 3.8) is 0 Å². The van der Waals surface area contributed by atoms with E-state index in [1.165, 1.54) is 0 Å². The van der Waals surface area contributed by atoms with E-state index in [1.54, 1.807) is 7.11 Å². The first-order valence-electron chi connectivity index (χ1n) is 8.20. The summed E-state index contributed by atoms with van der Waals surface area (Å²) in [7, 11) is 3.57. The topological polar surface area (TPSA) is 72.2 Å². The van der Waals surface area contributed by atoms with Crippen molar-refractivity contribution < 1.29 is 9.26 Å². The second kappa shape index (κ2) is 7.81. The fourth-order valence-corrected chi connectivity index (χ4v) is 2.46. The summed E-state index contributed by atoms with van der Waals surface area (Å²) >= 11 is 0. The number of anilines is 2. The quantitative estimate of drug-likeness (QED) is 0.685. The zero-order valence-corrected chi connectivity index (χ0v) is 14.6. The van der Waals surface area contributed by atoms with Crippen LogP contribution in [0, 0.1) is 0 Å². The van der Waals surface area contributed by atoms with Crippen molar-refractivity contribution in [2.75, 3.05) is 19.5 Å². The van der Waals surface area contributed by atoms with Crippen LogP contribution in [0.15, 0.2) is 53.1 Å². The SMILES string of the molecule is CNC(C)Cc1noc(-c2ccccc2Nc2cccc(OC)c2)n1. The second-order valence-electron chi connectivity index (χ2n) is 5.81. The van der Waals surface area contributed by atoms with Crippen LogP contribution in [-0.2, 0) is 6.42 Å². The van der Waals surface area contributed by atoms with Gasteiger partial charge in [0.05, 0.1) is 18.4 Å². The predicted molar refractivity (Wildman–Crippen MR) is 98.2 cm³/mol. The van der Waals surface area contributed by atoms with Gasteiger partial charge in [0.2, 0.25) is 0 Å². The Labute approximate surface area is 147 Å². The van der Waals surface area contributed by atoms with E-state index in [1.807, 2.05) is 55.6 Å². The van der Waals surface area contributed by atoms with Crippen molar-refractivity contribution in [2.24, 2.45) is 0 Å². The molecule has 130 valence electrons. The van der Waals surface area contributed by atoms with Gasteiger partial charge in [-0.15, -0.1) is 0 Å². The summed E-state index contributed by atoms with van der Waals surface area (Å²) in [6.07, 6.45) is 0.714. The Hall–Kier alpha value is -2.86. The van der Waals surface area contributed by atoms with E-state index in [9.17, 15) is 0 Å². The van der Waals surface area contributed by atoms with E-state index in [-0.39, 0.29) is 6.04 Å². The molecule has 2 aromatic carbocycles.